The quantitative estimate of drug-likeness (QED) is 0.748. The third-order valence-electron chi connectivity index (χ3n) is 4.25. The summed E-state index contributed by atoms with van der Waals surface area (Å²) in [6.45, 7) is 4.78. The molecule has 2 heterocycles. The number of likely N-dealkylation sites (tertiary alicyclic amines) is 1. The lowest BCUT2D eigenvalue weighted by atomic mass is 9.93. The number of rotatable bonds is 4. The third kappa shape index (κ3) is 3.41. The summed E-state index contributed by atoms with van der Waals surface area (Å²) in [5.41, 5.74) is 0. The molecule has 4 heteroatoms. The Kier molecular flexibility index (Phi) is 5.22. The number of hydrogen-bond donors (Lipinski definition) is 1. The van der Waals surface area contributed by atoms with E-state index in [1.165, 1.54) is 51.9 Å². The van der Waals surface area contributed by atoms with Crippen LogP contribution in [0.2, 0.25) is 0 Å². The number of hydrogen-bond acceptors (Lipinski definition) is 4. The molecule has 0 unspecified atom stereocenters. The highest BCUT2D eigenvalue weighted by Gasteiger charge is 2.30. The van der Waals surface area contributed by atoms with Crippen LogP contribution in [0.15, 0.2) is 0 Å². The van der Waals surface area contributed by atoms with E-state index in [4.69, 9.17) is 9.47 Å². The van der Waals surface area contributed by atoms with Gasteiger partial charge in [-0.05, 0) is 51.9 Å². The van der Waals surface area contributed by atoms with Gasteiger partial charge in [0.05, 0.1) is 0 Å². The van der Waals surface area contributed by atoms with E-state index in [1.54, 1.807) is 14.2 Å². The lowest BCUT2D eigenvalue weighted by Gasteiger charge is -2.40. The molecule has 2 saturated heterocycles. The molecule has 0 aromatic rings. The van der Waals surface area contributed by atoms with E-state index < -0.39 is 0 Å². The Bertz CT molecular complexity index is 207. The fraction of sp³-hybridized carbons (Fsp3) is 1.00. The van der Waals surface area contributed by atoms with E-state index in [9.17, 15) is 0 Å². The van der Waals surface area contributed by atoms with Crippen LogP contribution in [-0.2, 0) is 9.47 Å². The van der Waals surface area contributed by atoms with Crippen LogP contribution in [0.4, 0.5) is 0 Å². The Balaban J connectivity index is 1.76. The van der Waals surface area contributed by atoms with Gasteiger partial charge in [-0.2, -0.15) is 0 Å². The zero-order valence-electron chi connectivity index (χ0n) is 11.2. The van der Waals surface area contributed by atoms with Crippen LogP contribution < -0.4 is 5.32 Å². The second-order valence-electron chi connectivity index (χ2n) is 5.19. The van der Waals surface area contributed by atoms with Gasteiger partial charge in [0.15, 0.2) is 6.29 Å². The van der Waals surface area contributed by atoms with E-state index in [0.717, 1.165) is 6.04 Å². The van der Waals surface area contributed by atoms with Gasteiger partial charge in [-0.1, -0.05) is 0 Å². The molecule has 0 radical (unpaired) electrons. The van der Waals surface area contributed by atoms with Crippen molar-refractivity contribution in [3.05, 3.63) is 0 Å². The van der Waals surface area contributed by atoms with E-state index in [-0.39, 0.29) is 6.29 Å². The smallest absolute Gasteiger partial charge is 0.159 e. The molecule has 4 nitrogen and oxygen atoms in total. The van der Waals surface area contributed by atoms with Gasteiger partial charge >= 0.3 is 0 Å². The molecule has 0 bridgehead atoms. The first-order valence-electron chi connectivity index (χ1n) is 6.85. The normalized spacial score (nSPS) is 25.6. The first kappa shape index (κ1) is 13.3. The summed E-state index contributed by atoms with van der Waals surface area (Å²) in [4.78, 5) is 2.67. The van der Waals surface area contributed by atoms with E-state index in [0.29, 0.717) is 5.92 Å². The summed E-state index contributed by atoms with van der Waals surface area (Å²) in [6, 6.07) is 0.806. The van der Waals surface area contributed by atoms with Gasteiger partial charge in [0, 0.05) is 26.2 Å². The summed E-state index contributed by atoms with van der Waals surface area (Å²) < 4.78 is 10.7. The van der Waals surface area contributed by atoms with Crippen LogP contribution in [0.1, 0.15) is 25.7 Å². The Morgan fingerprint density at radius 1 is 1.00 bits per heavy atom. The highest BCUT2D eigenvalue weighted by Crippen LogP contribution is 2.25. The maximum absolute atomic E-state index is 5.37. The highest BCUT2D eigenvalue weighted by atomic mass is 16.7. The molecule has 2 fully saturated rings. The van der Waals surface area contributed by atoms with Crippen molar-refractivity contribution in [2.75, 3.05) is 40.4 Å². The average molecular weight is 242 g/mol. The fourth-order valence-electron chi connectivity index (χ4n) is 3.21. The molecule has 17 heavy (non-hydrogen) atoms. The monoisotopic (exact) mass is 242 g/mol. The van der Waals surface area contributed by atoms with Crippen LogP contribution in [-0.4, -0.2) is 57.6 Å². The van der Waals surface area contributed by atoms with Crippen molar-refractivity contribution in [2.24, 2.45) is 5.92 Å². The van der Waals surface area contributed by atoms with E-state index >= 15 is 0 Å². The van der Waals surface area contributed by atoms with Crippen LogP contribution in [0.3, 0.4) is 0 Å². The molecule has 0 spiro atoms. The van der Waals surface area contributed by atoms with Crippen molar-refractivity contribution in [1.82, 2.24) is 10.2 Å². The number of nitrogens with zero attached hydrogens (tertiary/aromatic N) is 1. The molecular weight excluding hydrogens is 216 g/mol. The number of piperidine rings is 2. The molecular formula is C13H26N2O2. The van der Waals surface area contributed by atoms with Gasteiger partial charge < -0.3 is 19.7 Å². The minimum atomic E-state index is -0.00910. The van der Waals surface area contributed by atoms with E-state index in [2.05, 4.69) is 10.2 Å². The Morgan fingerprint density at radius 3 is 2.12 bits per heavy atom. The number of nitrogens with one attached hydrogen (secondary N) is 1. The third-order valence-corrected chi connectivity index (χ3v) is 4.25. The Hall–Kier alpha value is -0.160. The summed E-state index contributed by atoms with van der Waals surface area (Å²) in [5, 5.41) is 3.43. The minimum Gasteiger partial charge on any atom is -0.356 e. The number of methoxy groups -OCH3 is 2. The van der Waals surface area contributed by atoms with Crippen LogP contribution >= 0.6 is 0 Å². The zero-order chi connectivity index (χ0) is 12.1. The summed E-state index contributed by atoms with van der Waals surface area (Å²) in [7, 11) is 3.49. The lowest BCUT2D eigenvalue weighted by Crippen LogP contribution is -2.48. The average Bonchev–Trinajstić information content (AvgIpc) is 2.42. The molecule has 0 aliphatic carbocycles. The molecule has 0 atom stereocenters. The van der Waals surface area contributed by atoms with Crippen molar-refractivity contribution in [2.45, 2.75) is 38.0 Å². The van der Waals surface area contributed by atoms with Gasteiger partial charge in [0.25, 0.3) is 0 Å². The first-order valence-corrected chi connectivity index (χ1v) is 6.85. The predicted octanol–water partition coefficient (Wildman–Crippen LogP) is 1.07. The zero-order valence-corrected chi connectivity index (χ0v) is 11.2. The SMILES string of the molecule is COC(OC)C1CCN(C2CCNCC2)CC1. The highest BCUT2D eigenvalue weighted by molar-refractivity contribution is 4.82. The molecule has 0 aromatic heterocycles. The molecule has 0 saturated carbocycles. The van der Waals surface area contributed by atoms with Gasteiger partial charge in [0.2, 0.25) is 0 Å². The van der Waals surface area contributed by atoms with Crippen molar-refractivity contribution < 1.29 is 9.47 Å². The summed E-state index contributed by atoms with van der Waals surface area (Å²) >= 11 is 0. The number of ether oxygens (including phenoxy) is 2. The molecule has 100 valence electrons. The fourth-order valence-corrected chi connectivity index (χ4v) is 3.21. The standard InChI is InChI=1S/C13H26N2O2/c1-16-13(17-2)11-5-9-15(10-6-11)12-3-7-14-8-4-12/h11-14H,3-10H2,1-2H3. The first-order chi connectivity index (χ1) is 8.35. The van der Waals surface area contributed by atoms with Crippen LogP contribution in [0.5, 0.6) is 0 Å². The van der Waals surface area contributed by atoms with Gasteiger partial charge in [-0.25, -0.2) is 0 Å². The second-order valence-corrected chi connectivity index (χ2v) is 5.19. The van der Waals surface area contributed by atoms with Gasteiger partial charge in [-0.15, -0.1) is 0 Å². The Morgan fingerprint density at radius 2 is 1.59 bits per heavy atom. The maximum atomic E-state index is 5.37. The van der Waals surface area contributed by atoms with Gasteiger partial charge in [0.1, 0.15) is 0 Å². The molecule has 2 rings (SSSR count). The summed E-state index contributed by atoms with van der Waals surface area (Å²) in [6.07, 6.45) is 5.02. The second kappa shape index (κ2) is 6.69. The molecule has 2 aliphatic rings. The molecule has 0 amide bonds. The molecule has 2 aliphatic heterocycles. The van der Waals surface area contributed by atoms with Crippen LogP contribution in [0, 0.1) is 5.92 Å². The predicted molar refractivity (Wildman–Crippen MR) is 68.0 cm³/mol. The minimum absolute atomic E-state index is 0.00910. The van der Waals surface area contributed by atoms with Crippen molar-refractivity contribution in [3.63, 3.8) is 0 Å². The largest absolute Gasteiger partial charge is 0.356 e. The van der Waals surface area contributed by atoms with Crippen LogP contribution in [0.25, 0.3) is 0 Å². The van der Waals surface area contributed by atoms with Gasteiger partial charge in [-0.3, -0.25) is 0 Å². The Labute approximate surface area is 105 Å². The summed E-state index contributed by atoms with van der Waals surface area (Å²) in [5.74, 6) is 0.572. The molecule has 1 N–H and O–H groups in total. The molecule has 0 aromatic carbocycles. The van der Waals surface area contributed by atoms with E-state index in [1.807, 2.05) is 0 Å². The van der Waals surface area contributed by atoms with Crippen molar-refractivity contribution in [1.29, 1.82) is 0 Å². The lowest BCUT2D eigenvalue weighted by molar-refractivity contribution is -0.148. The topological polar surface area (TPSA) is 33.7 Å². The van der Waals surface area contributed by atoms with Crippen molar-refractivity contribution >= 4 is 0 Å². The maximum Gasteiger partial charge on any atom is 0.159 e. The van der Waals surface area contributed by atoms with Crippen molar-refractivity contribution in [3.8, 4) is 0 Å².